The van der Waals surface area contributed by atoms with E-state index in [1.165, 1.54) is 0 Å². The molecule has 2 rings (SSSR count). The Morgan fingerprint density at radius 1 is 1.15 bits per heavy atom. The Kier molecular flexibility index (Phi) is 4.96. The summed E-state index contributed by atoms with van der Waals surface area (Å²) < 4.78 is 26.9. The highest BCUT2D eigenvalue weighted by atomic mass is 32.2. The fourth-order valence-electron chi connectivity index (χ4n) is 1.88. The molecule has 2 aromatic rings. The first-order valence-electron chi connectivity index (χ1n) is 6.60. The van der Waals surface area contributed by atoms with E-state index in [0.717, 1.165) is 11.1 Å². The molecule has 1 heterocycles. The fraction of sp³-hybridized carbons (Fsp3) is 0.333. The van der Waals surface area contributed by atoms with Crippen LogP contribution in [0.4, 0.5) is 0 Å². The van der Waals surface area contributed by atoms with Crippen molar-refractivity contribution in [3.8, 4) is 0 Å². The number of benzene rings is 1. The van der Waals surface area contributed by atoms with Crippen LogP contribution in [0.25, 0.3) is 0 Å². The lowest BCUT2D eigenvalue weighted by Gasteiger charge is -2.09. The zero-order valence-corrected chi connectivity index (χ0v) is 13.3. The molecule has 0 spiro atoms. The van der Waals surface area contributed by atoms with Gasteiger partial charge in [0.1, 0.15) is 0 Å². The molecule has 3 nitrogen and oxygen atoms in total. The van der Waals surface area contributed by atoms with Crippen LogP contribution >= 0.6 is 11.3 Å². The van der Waals surface area contributed by atoms with Crippen molar-refractivity contribution in [1.82, 2.24) is 4.72 Å². The van der Waals surface area contributed by atoms with Gasteiger partial charge in [-0.3, -0.25) is 0 Å². The standard InChI is InChI=1S/C15H19NO2S2/c1-12(2)14-3-5-15(6-4-14)20(17,18)16-9-7-13-8-10-19-11-13/h3-6,8,10-12,16H,7,9H2,1-2H3. The second kappa shape index (κ2) is 6.52. The molecule has 5 heteroatoms. The summed E-state index contributed by atoms with van der Waals surface area (Å²) in [4.78, 5) is 0.326. The first-order chi connectivity index (χ1) is 9.49. The lowest BCUT2D eigenvalue weighted by molar-refractivity contribution is 0.581. The quantitative estimate of drug-likeness (QED) is 0.889. The summed E-state index contributed by atoms with van der Waals surface area (Å²) in [5, 5.41) is 4.03. The van der Waals surface area contributed by atoms with Gasteiger partial charge in [-0.05, 0) is 52.4 Å². The molecule has 1 aromatic carbocycles. The van der Waals surface area contributed by atoms with Crippen molar-refractivity contribution in [1.29, 1.82) is 0 Å². The molecule has 0 aliphatic carbocycles. The summed E-state index contributed by atoms with van der Waals surface area (Å²) in [5.74, 6) is 0.401. The normalized spacial score (nSPS) is 11.9. The summed E-state index contributed by atoms with van der Waals surface area (Å²) in [5.41, 5.74) is 2.30. The van der Waals surface area contributed by atoms with Gasteiger partial charge in [0.05, 0.1) is 4.90 Å². The Morgan fingerprint density at radius 3 is 2.40 bits per heavy atom. The second-order valence-corrected chi connectivity index (χ2v) is 7.55. The lowest BCUT2D eigenvalue weighted by Crippen LogP contribution is -2.25. The van der Waals surface area contributed by atoms with Crippen molar-refractivity contribution in [3.05, 3.63) is 52.2 Å². The SMILES string of the molecule is CC(C)c1ccc(S(=O)(=O)NCCc2ccsc2)cc1. The van der Waals surface area contributed by atoms with Crippen LogP contribution in [-0.4, -0.2) is 15.0 Å². The van der Waals surface area contributed by atoms with Gasteiger partial charge in [0.15, 0.2) is 0 Å². The lowest BCUT2D eigenvalue weighted by atomic mass is 10.0. The van der Waals surface area contributed by atoms with Crippen molar-refractivity contribution in [3.63, 3.8) is 0 Å². The second-order valence-electron chi connectivity index (χ2n) is 5.00. The summed E-state index contributed by atoms with van der Waals surface area (Å²) in [7, 11) is -3.40. The summed E-state index contributed by atoms with van der Waals surface area (Å²) in [6.45, 7) is 4.59. The predicted molar refractivity (Wildman–Crippen MR) is 83.7 cm³/mol. The first-order valence-corrected chi connectivity index (χ1v) is 9.02. The number of thiophene rings is 1. The van der Waals surface area contributed by atoms with Crippen LogP contribution in [0.5, 0.6) is 0 Å². The van der Waals surface area contributed by atoms with E-state index in [1.54, 1.807) is 23.5 Å². The van der Waals surface area contributed by atoms with Gasteiger partial charge in [0.25, 0.3) is 0 Å². The maximum atomic E-state index is 12.1. The van der Waals surface area contributed by atoms with E-state index in [0.29, 0.717) is 23.8 Å². The molecule has 0 bridgehead atoms. The first kappa shape index (κ1) is 15.2. The fourth-order valence-corrected chi connectivity index (χ4v) is 3.61. The Bertz CT molecular complexity index is 629. The van der Waals surface area contributed by atoms with E-state index >= 15 is 0 Å². The zero-order chi connectivity index (χ0) is 14.6. The molecule has 0 fully saturated rings. The molecule has 108 valence electrons. The molecule has 1 N–H and O–H groups in total. The van der Waals surface area contributed by atoms with Gasteiger partial charge in [-0.25, -0.2) is 13.1 Å². The Morgan fingerprint density at radius 2 is 1.85 bits per heavy atom. The molecule has 0 saturated heterocycles. The zero-order valence-electron chi connectivity index (χ0n) is 11.7. The Balaban J connectivity index is 1.99. The average molecular weight is 309 g/mol. The van der Waals surface area contributed by atoms with Crippen molar-refractivity contribution in [2.24, 2.45) is 0 Å². The minimum absolute atomic E-state index is 0.326. The van der Waals surface area contributed by atoms with E-state index in [9.17, 15) is 8.42 Å². The molecular weight excluding hydrogens is 290 g/mol. The van der Waals surface area contributed by atoms with Crippen molar-refractivity contribution in [2.45, 2.75) is 31.1 Å². The molecular formula is C15H19NO2S2. The van der Waals surface area contributed by atoms with Gasteiger partial charge in [-0.1, -0.05) is 26.0 Å². The average Bonchev–Trinajstić information content (AvgIpc) is 2.92. The van der Waals surface area contributed by atoms with Crippen LogP contribution in [0.1, 0.15) is 30.9 Å². The van der Waals surface area contributed by atoms with E-state index in [1.807, 2.05) is 29.0 Å². The highest BCUT2D eigenvalue weighted by Crippen LogP contribution is 2.17. The molecule has 0 saturated carbocycles. The topological polar surface area (TPSA) is 46.2 Å². The van der Waals surface area contributed by atoms with Crippen LogP contribution < -0.4 is 4.72 Å². The molecule has 1 aromatic heterocycles. The third-order valence-electron chi connectivity index (χ3n) is 3.14. The minimum atomic E-state index is -3.40. The van der Waals surface area contributed by atoms with Gasteiger partial charge in [0.2, 0.25) is 10.0 Å². The van der Waals surface area contributed by atoms with Crippen LogP contribution in [0, 0.1) is 0 Å². The van der Waals surface area contributed by atoms with Gasteiger partial charge >= 0.3 is 0 Å². The van der Waals surface area contributed by atoms with E-state index in [2.05, 4.69) is 18.6 Å². The number of rotatable bonds is 6. The molecule has 0 radical (unpaired) electrons. The Labute approximate surface area is 124 Å². The third kappa shape index (κ3) is 3.91. The molecule has 0 atom stereocenters. The number of hydrogen-bond acceptors (Lipinski definition) is 3. The van der Waals surface area contributed by atoms with E-state index in [4.69, 9.17) is 0 Å². The van der Waals surface area contributed by atoms with E-state index in [-0.39, 0.29) is 0 Å². The van der Waals surface area contributed by atoms with Gasteiger partial charge in [-0.2, -0.15) is 11.3 Å². The van der Waals surface area contributed by atoms with Gasteiger partial charge < -0.3 is 0 Å². The van der Waals surface area contributed by atoms with Crippen LogP contribution in [0.2, 0.25) is 0 Å². The Hall–Kier alpha value is -1.17. The monoisotopic (exact) mass is 309 g/mol. The van der Waals surface area contributed by atoms with E-state index < -0.39 is 10.0 Å². The summed E-state index contributed by atoms with van der Waals surface area (Å²) in [6.07, 6.45) is 0.715. The van der Waals surface area contributed by atoms with Crippen LogP contribution in [0.3, 0.4) is 0 Å². The summed E-state index contributed by atoms with van der Waals surface area (Å²) in [6, 6.07) is 9.09. The summed E-state index contributed by atoms with van der Waals surface area (Å²) >= 11 is 1.62. The van der Waals surface area contributed by atoms with Gasteiger partial charge in [0, 0.05) is 6.54 Å². The van der Waals surface area contributed by atoms with Crippen molar-refractivity contribution < 1.29 is 8.42 Å². The smallest absolute Gasteiger partial charge is 0.211 e. The number of nitrogens with one attached hydrogen (secondary N) is 1. The predicted octanol–water partition coefficient (Wildman–Crippen LogP) is 3.39. The highest BCUT2D eigenvalue weighted by molar-refractivity contribution is 7.89. The maximum absolute atomic E-state index is 12.1. The molecule has 0 aliphatic rings. The molecule has 20 heavy (non-hydrogen) atoms. The van der Waals surface area contributed by atoms with Crippen molar-refractivity contribution >= 4 is 21.4 Å². The van der Waals surface area contributed by atoms with Crippen LogP contribution in [0.15, 0.2) is 46.0 Å². The number of sulfonamides is 1. The minimum Gasteiger partial charge on any atom is -0.211 e. The molecule has 0 unspecified atom stereocenters. The highest BCUT2D eigenvalue weighted by Gasteiger charge is 2.13. The van der Waals surface area contributed by atoms with Gasteiger partial charge in [-0.15, -0.1) is 0 Å². The largest absolute Gasteiger partial charge is 0.240 e. The number of hydrogen-bond donors (Lipinski definition) is 1. The van der Waals surface area contributed by atoms with Crippen LogP contribution in [-0.2, 0) is 16.4 Å². The maximum Gasteiger partial charge on any atom is 0.240 e. The van der Waals surface area contributed by atoms with Crippen molar-refractivity contribution in [2.75, 3.05) is 6.54 Å². The molecule has 0 aliphatic heterocycles. The third-order valence-corrected chi connectivity index (χ3v) is 5.35. The molecule has 0 amide bonds.